The van der Waals surface area contributed by atoms with Crippen molar-refractivity contribution in [2.75, 3.05) is 0 Å². The molecule has 1 aromatic heterocycles. The van der Waals surface area contributed by atoms with Crippen LogP contribution in [0, 0.1) is 5.92 Å². The van der Waals surface area contributed by atoms with Crippen LogP contribution in [0.3, 0.4) is 0 Å². The van der Waals surface area contributed by atoms with Gasteiger partial charge in [-0.25, -0.2) is 9.97 Å². The lowest BCUT2D eigenvalue weighted by Gasteiger charge is -2.15. The fraction of sp³-hybridized carbons (Fsp3) is 0.556. The van der Waals surface area contributed by atoms with E-state index < -0.39 is 17.2 Å². The summed E-state index contributed by atoms with van der Waals surface area (Å²) in [5, 5.41) is 6.17. The number of aliphatic hydroxyl groups excluding tert-OH is 1. The Hall–Kier alpha value is -0.810. The molecule has 0 bridgehead atoms. The van der Waals surface area contributed by atoms with Crippen molar-refractivity contribution in [1.82, 2.24) is 9.97 Å². The van der Waals surface area contributed by atoms with Crippen molar-refractivity contribution in [3.63, 3.8) is 0 Å². The van der Waals surface area contributed by atoms with E-state index in [2.05, 4.69) is 9.97 Å². The van der Waals surface area contributed by atoms with Crippen molar-refractivity contribution in [2.45, 2.75) is 24.3 Å². The maximum absolute atomic E-state index is 12.9. The molecular formula is C9H9ClF2N2O. The van der Waals surface area contributed by atoms with Gasteiger partial charge < -0.3 is 5.11 Å². The van der Waals surface area contributed by atoms with Crippen LogP contribution in [-0.2, 0) is 5.38 Å². The van der Waals surface area contributed by atoms with Gasteiger partial charge in [0.1, 0.15) is 12.0 Å². The Balaban J connectivity index is 2.37. The summed E-state index contributed by atoms with van der Waals surface area (Å²) in [5.74, 6) is 0.0359. The third-order valence-electron chi connectivity index (χ3n) is 2.40. The lowest BCUT2D eigenvalue weighted by Crippen LogP contribution is -2.14. The third-order valence-corrected chi connectivity index (χ3v) is 2.58. The van der Waals surface area contributed by atoms with Gasteiger partial charge in [-0.3, -0.25) is 0 Å². The molecule has 0 saturated heterocycles. The van der Waals surface area contributed by atoms with E-state index in [-0.39, 0.29) is 11.5 Å². The lowest BCUT2D eigenvalue weighted by molar-refractivity contribution is 0.0799. The number of nitrogens with zero attached hydrogens (tertiary/aromatic N) is 2. The number of hydrogen-bond acceptors (Lipinski definition) is 3. The fourth-order valence-electron chi connectivity index (χ4n) is 1.46. The Morgan fingerprint density at radius 3 is 2.73 bits per heavy atom. The molecule has 2 rings (SSSR count). The maximum atomic E-state index is 12.9. The second-order valence-electron chi connectivity index (χ2n) is 3.61. The summed E-state index contributed by atoms with van der Waals surface area (Å²) < 4.78 is 25.8. The van der Waals surface area contributed by atoms with Crippen LogP contribution in [0.15, 0.2) is 12.5 Å². The van der Waals surface area contributed by atoms with E-state index in [1.165, 1.54) is 6.20 Å². The molecule has 1 unspecified atom stereocenters. The van der Waals surface area contributed by atoms with Crippen molar-refractivity contribution in [2.24, 2.45) is 5.92 Å². The van der Waals surface area contributed by atoms with Crippen LogP contribution in [0.1, 0.15) is 30.2 Å². The molecule has 1 aliphatic rings. The third kappa shape index (κ3) is 2.23. The lowest BCUT2D eigenvalue weighted by atomic mass is 10.1. The minimum Gasteiger partial charge on any atom is -0.388 e. The fourth-order valence-corrected chi connectivity index (χ4v) is 1.62. The van der Waals surface area contributed by atoms with Gasteiger partial charge in [0.15, 0.2) is 0 Å². The largest absolute Gasteiger partial charge is 0.388 e. The van der Waals surface area contributed by atoms with Gasteiger partial charge in [-0.1, -0.05) is 0 Å². The van der Waals surface area contributed by atoms with Crippen molar-refractivity contribution in [1.29, 1.82) is 0 Å². The molecule has 0 radical (unpaired) electrons. The summed E-state index contributed by atoms with van der Waals surface area (Å²) in [4.78, 5) is 7.06. The van der Waals surface area contributed by atoms with Crippen molar-refractivity contribution in [3.05, 3.63) is 23.8 Å². The van der Waals surface area contributed by atoms with Gasteiger partial charge >= 0.3 is 5.38 Å². The number of halogens is 3. The molecule has 0 amide bonds. The maximum Gasteiger partial charge on any atom is 0.365 e. The molecule has 1 aliphatic carbocycles. The Kier molecular flexibility index (Phi) is 2.60. The van der Waals surface area contributed by atoms with E-state index in [1.54, 1.807) is 0 Å². The molecule has 0 aromatic carbocycles. The van der Waals surface area contributed by atoms with Gasteiger partial charge in [-0.05, 0) is 30.4 Å². The van der Waals surface area contributed by atoms with Gasteiger partial charge in [-0.15, -0.1) is 0 Å². The van der Waals surface area contributed by atoms with E-state index in [1.807, 2.05) is 0 Å². The topological polar surface area (TPSA) is 46.0 Å². The number of alkyl halides is 3. The van der Waals surface area contributed by atoms with Gasteiger partial charge in [0.25, 0.3) is 0 Å². The van der Waals surface area contributed by atoms with E-state index in [0.29, 0.717) is 0 Å². The van der Waals surface area contributed by atoms with E-state index in [9.17, 15) is 13.9 Å². The van der Waals surface area contributed by atoms with Crippen molar-refractivity contribution < 1.29 is 13.9 Å². The predicted molar refractivity (Wildman–Crippen MR) is 49.5 cm³/mol. The minimum absolute atomic E-state index is 0.0278. The smallest absolute Gasteiger partial charge is 0.365 e. The quantitative estimate of drug-likeness (QED) is 0.816. The summed E-state index contributed by atoms with van der Waals surface area (Å²) in [5.41, 5.74) is -0.571. The molecule has 1 aromatic rings. The highest BCUT2D eigenvalue weighted by Crippen LogP contribution is 2.44. The van der Waals surface area contributed by atoms with Crippen molar-refractivity contribution >= 4 is 11.6 Å². The van der Waals surface area contributed by atoms with E-state index in [4.69, 9.17) is 11.6 Å². The van der Waals surface area contributed by atoms with E-state index >= 15 is 0 Å². The van der Waals surface area contributed by atoms with Crippen LogP contribution >= 0.6 is 11.6 Å². The first-order valence-corrected chi connectivity index (χ1v) is 4.93. The normalized spacial score (nSPS) is 18.9. The molecule has 15 heavy (non-hydrogen) atoms. The van der Waals surface area contributed by atoms with Crippen LogP contribution in [0.5, 0.6) is 0 Å². The summed E-state index contributed by atoms with van der Waals surface area (Å²) in [6.45, 7) is 0. The van der Waals surface area contributed by atoms with Crippen LogP contribution in [0.4, 0.5) is 8.78 Å². The monoisotopic (exact) mass is 234 g/mol. The zero-order valence-corrected chi connectivity index (χ0v) is 8.46. The van der Waals surface area contributed by atoms with Gasteiger partial charge in [0, 0.05) is 11.8 Å². The molecule has 6 heteroatoms. The summed E-state index contributed by atoms with van der Waals surface area (Å²) >= 11 is 4.90. The first-order valence-electron chi connectivity index (χ1n) is 4.55. The number of aromatic nitrogens is 2. The standard InChI is InChI=1S/C9H9ClF2N2O/c10-9(11,12)8-6(3-13-4-14-8)7(15)5-1-2-5/h3-5,7,15H,1-2H2. The van der Waals surface area contributed by atoms with Gasteiger partial charge in [0.05, 0.1) is 6.10 Å². The Morgan fingerprint density at radius 1 is 1.53 bits per heavy atom. The van der Waals surface area contributed by atoms with Gasteiger partial charge in [0.2, 0.25) is 0 Å². The highest BCUT2D eigenvalue weighted by atomic mass is 35.5. The minimum atomic E-state index is -3.56. The summed E-state index contributed by atoms with van der Waals surface area (Å²) in [7, 11) is 0. The first-order chi connectivity index (χ1) is 7.00. The van der Waals surface area contributed by atoms with Crippen LogP contribution in [0.25, 0.3) is 0 Å². The molecule has 1 heterocycles. The Morgan fingerprint density at radius 2 is 2.20 bits per heavy atom. The van der Waals surface area contributed by atoms with Crippen LogP contribution in [0.2, 0.25) is 0 Å². The number of hydrogen-bond donors (Lipinski definition) is 1. The number of aliphatic hydroxyl groups is 1. The SMILES string of the molecule is OC(c1cncnc1C(F)(F)Cl)C1CC1. The second kappa shape index (κ2) is 3.64. The van der Waals surface area contributed by atoms with Crippen molar-refractivity contribution in [3.8, 4) is 0 Å². The van der Waals surface area contributed by atoms with Crippen LogP contribution < -0.4 is 0 Å². The molecular weight excluding hydrogens is 226 g/mol. The molecule has 1 saturated carbocycles. The molecule has 3 nitrogen and oxygen atoms in total. The van der Waals surface area contributed by atoms with Gasteiger partial charge in [-0.2, -0.15) is 8.78 Å². The summed E-state index contributed by atoms with van der Waals surface area (Å²) in [6, 6.07) is 0. The Bertz CT molecular complexity index is 365. The molecule has 82 valence electrons. The predicted octanol–water partition coefficient (Wildman–Crippen LogP) is 2.21. The average molecular weight is 235 g/mol. The zero-order chi connectivity index (χ0) is 11.1. The molecule has 1 atom stereocenters. The molecule has 0 aliphatic heterocycles. The van der Waals surface area contributed by atoms with Crippen LogP contribution in [-0.4, -0.2) is 15.1 Å². The Labute approximate surface area is 90.1 Å². The molecule has 1 fully saturated rings. The average Bonchev–Trinajstić information content (AvgIpc) is 2.98. The highest BCUT2D eigenvalue weighted by molar-refractivity contribution is 6.21. The first kappa shape index (κ1) is 10.7. The molecule has 1 N–H and O–H groups in total. The second-order valence-corrected chi connectivity index (χ2v) is 4.08. The molecule has 0 spiro atoms. The summed E-state index contributed by atoms with van der Waals surface area (Å²) in [6.07, 6.45) is 2.93. The zero-order valence-electron chi connectivity index (χ0n) is 7.70. The highest BCUT2D eigenvalue weighted by Gasteiger charge is 2.39. The van der Waals surface area contributed by atoms with E-state index in [0.717, 1.165) is 19.2 Å². The number of rotatable bonds is 3.